The molecule has 0 radical (unpaired) electrons. The zero-order valence-electron chi connectivity index (χ0n) is 19.4. The third-order valence-corrected chi connectivity index (χ3v) is 6.31. The van der Waals surface area contributed by atoms with E-state index in [1.807, 2.05) is 54.6 Å². The van der Waals surface area contributed by atoms with Gasteiger partial charge < -0.3 is 20.3 Å². The van der Waals surface area contributed by atoms with Crippen LogP contribution in [0.15, 0.2) is 78.9 Å². The summed E-state index contributed by atoms with van der Waals surface area (Å²) < 4.78 is 6.36. The molecule has 6 heteroatoms. The zero-order chi connectivity index (χ0) is 24.2. The van der Waals surface area contributed by atoms with E-state index < -0.39 is 0 Å². The largest absolute Gasteiger partial charge is 0.508 e. The van der Waals surface area contributed by atoms with Gasteiger partial charge in [0.25, 0.3) is 0 Å². The van der Waals surface area contributed by atoms with Crippen LogP contribution in [-0.2, 0) is 4.79 Å². The number of anilines is 1. The van der Waals surface area contributed by atoms with Gasteiger partial charge in [0.15, 0.2) is 0 Å². The van der Waals surface area contributed by atoms with Crippen molar-refractivity contribution in [1.29, 1.82) is 0 Å². The number of piperidine rings is 1. The lowest BCUT2D eigenvalue weighted by Crippen LogP contribution is -2.36. The molecule has 1 heterocycles. The summed E-state index contributed by atoms with van der Waals surface area (Å²) in [6.45, 7) is 2.37. The highest BCUT2D eigenvalue weighted by Gasteiger charge is 2.15. The number of benzene rings is 4. The van der Waals surface area contributed by atoms with Crippen molar-refractivity contribution in [3.63, 3.8) is 0 Å². The normalized spacial score (nSPS) is 14.1. The first kappa shape index (κ1) is 22.7. The molecule has 0 bridgehead atoms. The maximum atomic E-state index is 12.4. The predicted molar refractivity (Wildman–Crippen MR) is 138 cm³/mol. The van der Waals surface area contributed by atoms with Crippen molar-refractivity contribution in [2.75, 3.05) is 25.0 Å². The Balaban J connectivity index is 1.38. The smallest absolute Gasteiger partial charge is 0.238 e. The molecule has 0 atom stereocenters. The summed E-state index contributed by atoms with van der Waals surface area (Å²) in [7, 11) is 0. The van der Waals surface area contributed by atoms with Crippen LogP contribution in [-0.4, -0.2) is 40.7 Å². The van der Waals surface area contributed by atoms with Gasteiger partial charge in [-0.2, -0.15) is 0 Å². The molecule has 178 valence electrons. The molecule has 0 saturated carbocycles. The molecular weight excluding hydrogens is 440 g/mol. The van der Waals surface area contributed by atoms with E-state index in [0.717, 1.165) is 53.5 Å². The number of fused-ring (bicyclic) bond motifs is 1. The van der Waals surface area contributed by atoms with Crippen molar-refractivity contribution in [2.45, 2.75) is 19.3 Å². The second kappa shape index (κ2) is 10.1. The number of likely N-dealkylation sites (tertiary alicyclic amines) is 1. The molecule has 4 aromatic carbocycles. The molecule has 3 N–H and O–H groups in total. The summed E-state index contributed by atoms with van der Waals surface area (Å²) >= 11 is 0. The molecule has 1 fully saturated rings. The summed E-state index contributed by atoms with van der Waals surface area (Å²) in [6, 6.07) is 23.3. The van der Waals surface area contributed by atoms with Gasteiger partial charge in [-0.15, -0.1) is 0 Å². The molecule has 0 aliphatic carbocycles. The topological polar surface area (TPSA) is 82.0 Å². The van der Waals surface area contributed by atoms with Crippen molar-refractivity contribution in [2.24, 2.45) is 0 Å². The van der Waals surface area contributed by atoms with Gasteiger partial charge in [0.2, 0.25) is 5.91 Å². The number of hydrogen-bond donors (Lipinski definition) is 3. The first-order valence-electron chi connectivity index (χ1n) is 11.9. The van der Waals surface area contributed by atoms with Crippen LogP contribution in [0.3, 0.4) is 0 Å². The van der Waals surface area contributed by atoms with Crippen LogP contribution in [0.5, 0.6) is 23.0 Å². The van der Waals surface area contributed by atoms with Crippen LogP contribution in [0, 0.1) is 0 Å². The number of phenols is 2. The summed E-state index contributed by atoms with van der Waals surface area (Å²) in [5.74, 6) is 1.64. The Kier molecular flexibility index (Phi) is 6.55. The summed E-state index contributed by atoms with van der Waals surface area (Å²) in [6.07, 6.45) is 3.55. The third-order valence-electron chi connectivity index (χ3n) is 6.31. The molecule has 1 aliphatic rings. The second-order valence-corrected chi connectivity index (χ2v) is 8.91. The number of phenolic OH excluding ortho intramolecular Hbond substituents is 2. The molecule has 4 aromatic rings. The van der Waals surface area contributed by atoms with Crippen LogP contribution in [0.25, 0.3) is 21.9 Å². The van der Waals surface area contributed by atoms with Crippen molar-refractivity contribution >= 4 is 22.4 Å². The van der Waals surface area contributed by atoms with Crippen molar-refractivity contribution < 1.29 is 19.7 Å². The highest BCUT2D eigenvalue weighted by atomic mass is 16.5. The minimum absolute atomic E-state index is 0.0101. The molecular formula is C29H28N2O4. The Bertz CT molecular complexity index is 1330. The first-order chi connectivity index (χ1) is 17.0. The quantitative estimate of drug-likeness (QED) is 0.317. The van der Waals surface area contributed by atoms with Gasteiger partial charge in [-0.3, -0.25) is 9.69 Å². The maximum Gasteiger partial charge on any atom is 0.238 e. The Labute approximate surface area is 204 Å². The highest BCUT2D eigenvalue weighted by Crippen LogP contribution is 2.41. The summed E-state index contributed by atoms with van der Waals surface area (Å²) in [4.78, 5) is 14.6. The number of carbonyl (C=O) groups is 1. The number of carbonyl (C=O) groups excluding carboxylic acids is 1. The van der Waals surface area contributed by atoms with E-state index in [1.165, 1.54) is 6.42 Å². The average molecular weight is 469 g/mol. The van der Waals surface area contributed by atoms with E-state index >= 15 is 0 Å². The number of aromatic hydroxyl groups is 2. The van der Waals surface area contributed by atoms with Gasteiger partial charge >= 0.3 is 0 Å². The van der Waals surface area contributed by atoms with E-state index in [2.05, 4.69) is 10.2 Å². The van der Waals surface area contributed by atoms with Gasteiger partial charge in [-0.05, 0) is 97.5 Å². The lowest BCUT2D eigenvalue weighted by molar-refractivity contribution is -0.117. The molecule has 6 nitrogen and oxygen atoms in total. The standard InChI is InChI=1S/C29H28N2O4/c32-23-9-4-20(5-10-23)26-14-6-21-18-24(33)11-15-27(21)29(26)35-25-12-7-22(8-13-25)30-28(34)19-31-16-2-1-3-17-31/h4-15,18,32-33H,1-3,16-17,19H2,(H,30,34). The van der Waals surface area contributed by atoms with Crippen LogP contribution < -0.4 is 10.1 Å². The fourth-order valence-electron chi connectivity index (χ4n) is 4.51. The number of nitrogens with one attached hydrogen (secondary N) is 1. The number of ether oxygens (including phenoxy) is 1. The minimum Gasteiger partial charge on any atom is -0.508 e. The van der Waals surface area contributed by atoms with Crippen LogP contribution in [0.1, 0.15) is 19.3 Å². The monoisotopic (exact) mass is 468 g/mol. The van der Waals surface area contributed by atoms with Crippen LogP contribution in [0.4, 0.5) is 5.69 Å². The minimum atomic E-state index is -0.0101. The van der Waals surface area contributed by atoms with E-state index in [9.17, 15) is 15.0 Å². The predicted octanol–water partition coefficient (Wildman–Crippen LogP) is 6.13. The molecule has 0 aromatic heterocycles. The van der Waals surface area contributed by atoms with E-state index in [0.29, 0.717) is 18.0 Å². The number of nitrogens with zero attached hydrogens (tertiary/aromatic N) is 1. The number of rotatable bonds is 6. The van der Waals surface area contributed by atoms with Gasteiger partial charge in [-0.1, -0.05) is 24.6 Å². The van der Waals surface area contributed by atoms with Gasteiger partial charge in [0, 0.05) is 16.6 Å². The van der Waals surface area contributed by atoms with E-state index in [1.54, 1.807) is 24.3 Å². The molecule has 1 amide bonds. The van der Waals surface area contributed by atoms with Crippen molar-refractivity contribution in [1.82, 2.24) is 4.90 Å². The van der Waals surface area contributed by atoms with Crippen LogP contribution in [0.2, 0.25) is 0 Å². The number of amides is 1. The molecule has 5 rings (SSSR count). The first-order valence-corrected chi connectivity index (χ1v) is 11.9. The highest BCUT2D eigenvalue weighted by molar-refractivity contribution is 5.96. The molecule has 1 saturated heterocycles. The Morgan fingerprint density at radius 3 is 2.29 bits per heavy atom. The molecule has 1 aliphatic heterocycles. The summed E-state index contributed by atoms with van der Waals surface area (Å²) in [5, 5.41) is 24.3. The van der Waals surface area contributed by atoms with E-state index in [-0.39, 0.29) is 17.4 Å². The Morgan fingerprint density at radius 2 is 1.54 bits per heavy atom. The maximum absolute atomic E-state index is 12.4. The average Bonchev–Trinajstić information content (AvgIpc) is 2.86. The Morgan fingerprint density at radius 1 is 0.829 bits per heavy atom. The SMILES string of the molecule is O=C(CN1CCCCC1)Nc1ccc(Oc2c(-c3ccc(O)cc3)ccc3cc(O)ccc23)cc1. The van der Waals surface area contributed by atoms with Gasteiger partial charge in [0.05, 0.1) is 6.54 Å². The Hall–Kier alpha value is -4.03. The lowest BCUT2D eigenvalue weighted by Gasteiger charge is -2.25. The van der Waals surface area contributed by atoms with Crippen LogP contribution >= 0.6 is 0 Å². The fraction of sp³-hybridized carbons (Fsp3) is 0.207. The lowest BCUT2D eigenvalue weighted by atomic mass is 9.99. The third kappa shape index (κ3) is 5.39. The fourth-order valence-corrected chi connectivity index (χ4v) is 4.51. The van der Waals surface area contributed by atoms with Crippen molar-refractivity contribution in [3.8, 4) is 34.1 Å². The molecule has 0 spiro atoms. The van der Waals surface area contributed by atoms with Gasteiger partial charge in [0.1, 0.15) is 23.0 Å². The summed E-state index contributed by atoms with van der Waals surface area (Å²) in [5.41, 5.74) is 2.48. The van der Waals surface area contributed by atoms with Gasteiger partial charge in [-0.25, -0.2) is 0 Å². The molecule has 0 unspecified atom stereocenters. The van der Waals surface area contributed by atoms with Crippen molar-refractivity contribution in [3.05, 3.63) is 78.9 Å². The van der Waals surface area contributed by atoms with E-state index in [4.69, 9.17) is 4.74 Å². The molecule has 35 heavy (non-hydrogen) atoms. The number of hydrogen-bond acceptors (Lipinski definition) is 5. The second-order valence-electron chi connectivity index (χ2n) is 8.91. The zero-order valence-corrected chi connectivity index (χ0v) is 19.4.